The number of hydrazine groups is 1. The molecule has 0 aliphatic carbocycles. The van der Waals surface area contributed by atoms with Crippen LogP contribution >= 0.6 is 0 Å². The number of piperidine rings is 2. The fourth-order valence-electron chi connectivity index (χ4n) is 6.43. The second kappa shape index (κ2) is 8.91. The molecule has 3 N–H and O–H groups in total. The third-order valence-corrected chi connectivity index (χ3v) is 9.74. The van der Waals surface area contributed by atoms with Gasteiger partial charge in [-0.1, -0.05) is 40.0 Å². The summed E-state index contributed by atoms with van der Waals surface area (Å²) in [4.78, 5) is 5.12. The van der Waals surface area contributed by atoms with E-state index in [-0.39, 0.29) is 16.6 Å². The highest BCUT2D eigenvalue weighted by Gasteiger charge is 2.56. The number of unbranched alkanes of at least 4 members (excludes halogenated alkanes) is 2. The molecule has 0 aromatic rings. The zero-order valence-electron chi connectivity index (χ0n) is 20.4. The topological polar surface area (TPSA) is 44.5 Å². The van der Waals surface area contributed by atoms with Crippen molar-refractivity contribution in [3.8, 4) is 0 Å². The summed E-state index contributed by atoms with van der Waals surface area (Å²) in [5.74, 6) is 9.00. The minimum absolute atomic E-state index is 0.0328. The Morgan fingerprint density at radius 3 is 1.68 bits per heavy atom. The van der Waals surface area contributed by atoms with E-state index in [2.05, 4.69) is 77.8 Å². The van der Waals surface area contributed by atoms with Crippen molar-refractivity contribution in [1.29, 1.82) is 0 Å². The van der Waals surface area contributed by atoms with Gasteiger partial charge in [-0.25, -0.2) is 0 Å². The van der Waals surface area contributed by atoms with E-state index in [4.69, 9.17) is 5.84 Å². The summed E-state index contributed by atoms with van der Waals surface area (Å²) in [5, 5.41) is 0. The lowest BCUT2D eigenvalue weighted by Crippen LogP contribution is -2.70. The first-order valence-corrected chi connectivity index (χ1v) is 11.9. The lowest BCUT2D eigenvalue weighted by Gasteiger charge is -2.61. The average molecular weight is 395 g/mol. The molecule has 2 rings (SSSR count). The predicted octanol–water partition coefficient (Wildman–Crippen LogP) is 4.50. The van der Waals surface area contributed by atoms with Gasteiger partial charge in [0.05, 0.1) is 0 Å². The van der Waals surface area contributed by atoms with E-state index in [1.807, 2.05) is 0 Å². The molecule has 2 heterocycles. The van der Waals surface area contributed by atoms with Gasteiger partial charge < -0.3 is 9.80 Å². The van der Waals surface area contributed by atoms with Crippen molar-refractivity contribution in [2.75, 3.05) is 27.2 Å². The summed E-state index contributed by atoms with van der Waals surface area (Å²) in [7, 11) is 4.59. The van der Waals surface area contributed by atoms with Crippen molar-refractivity contribution in [2.24, 2.45) is 29.5 Å². The Morgan fingerprint density at radius 1 is 0.893 bits per heavy atom. The molecule has 4 heteroatoms. The molecule has 166 valence electrons. The summed E-state index contributed by atoms with van der Waals surface area (Å²) in [6.45, 7) is 19.3. The van der Waals surface area contributed by atoms with Crippen molar-refractivity contribution in [1.82, 2.24) is 15.2 Å². The molecule has 28 heavy (non-hydrogen) atoms. The third-order valence-electron chi connectivity index (χ3n) is 9.74. The number of rotatable bonds is 7. The number of hydrogen-bond donors (Lipinski definition) is 2. The van der Waals surface area contributed by atoms with Crippen LogP contribution in [0.4, 0.5) is 0 Å². The number of hydrogen-bond acceptors (Lipinski definition) is 4. The van der Waals surface area contributed by atoms with Gasteiger partial charge in [0.1, 0.15) is 0 Å². The van der Waals surface area contributed by atoms with Crippen LogP contribution < -0.4 is 11.3 Å². The van der Waals surface area contributed by atoms with E-state index >= 15 is 0 Å². The van der Waals surface area contributed by atoms with E-state index in [9.17, 15) is 0 Å². The highest BCUT2D eigenvalue weighted by atomic mass is 15.3. The maximum absolute atomic E-state index is 6.55. The van der Waals surface area contributed by atoms with Gasteiger partial charge in [0.2, 0.25) is 0 Å². The lowest BCUT2D eigenvalue weighted by atomic mass is 9.54. The van der Waals surface area contributed by atoms with Crippen molar-refractivity contribution in [3.63, 3.8) is 0 Å². The van der Waals surface area contributed by atoms with E-state index < -0.39 is 0 Å². The fraction of sp³-hybridized carbons (Fsp3) is 1.00. The van der Waals surface area contributed by atoms with E-state index in [1.54, 1.807) is 0 Å². The van der Waals surface area contributed by atoms with Gasteiger partial charge in [-0.15, -0.1) is 0 Å². The van der Waals surface area contributed by atoms with Crippen LogP contribution in [-0.4, -0.2) is 53.6 Å². The first-order valence-electron chi connectivity index (χ1n) is 11.9. The second-order valence-corrected chi connectivity index (χ2v) is 11.2. The largest absolute Gasteiger partial charge is 0.301 e. The molecule has 4 atom stereocenters. The molecule has 2 aliphatic rings. The molecular formula is C24H50N4. The number of nitrogens with one attached hydrogen (secondary N) is 1. The van der Waals surface area contributed by atoms with Crippen molar-refractivity contribution >= 4 is 0 Å². The highest BCUT2D eigenvalue weighted by molar-refractivity contribution is 5.10. The summed E-state index contributed by atoms with van der Waals surface area (Å²) in [6.07, 6.45) is 7.55. The summed E-state index contributed by atoms with van der Waals surface area (Å²) in [6, 6.07) is 0. The second-order valence-electron chi connectivity index (χ2n) is 11.2. The number of nitrogens with two attached hydrogens (primary N) is 1. The predicted molar refractivity (Wildman–Crippen MR) is 122 cm³/mol. The molecule has 2 saturated heterocycles. The van der Waals surface area contributed by atoms with Crippen LogP contribution in [0.2, 0.25) is 0 Å². The van der Waals surface area contributed by atoms with Crippen molar-refractivity contribution in [2.45, 2.75) is 104 Å². The SMILES string of the molecule is CCCCCC(NN)(C1CCN(C)C(C)(C)C1C)C1CCN(C)C(C)(C)C1C. The Morgan fingerprint density at radius 2 is 1.32 bits per heavy atom. The Bertz CT molecular complexity index is 465. The van der Waals surface area contributed by atoms with E-state index in [0.29, 0.717) is 23.7 Å². The molecule has 4 nitrogen and oxygen atoms in total. The number of likely N-dealkylation sites (tertiary alicyclic amines) is 2. The zero-order chi connectivity index (χ0) is 21.3. The first kappa shape index (κ1) is 24.1. The lowest BCUT2D eigenvalue weighted by molar-refractivity contribution is -0.0920. The molecule has 0 saturated carbocycles. The number of nitrogens with zero attached hydrogens (tertiary/aromatic N) is 2. The molecule has 0 radical (unpaired) electrons. The van der Waals surface area contributed by atoms with Gasteiger partial charge in [-0.05, 0) is 97.8 Å². The van der Waals surface area contributed by atoms with Gasteiger partial charge in [-0.2, -0.15) is 0 Å². The molecule has 4 unspecified atom stereocenters. The smallest absolute Gasteiger partial charge is 0.0385 e. The molecule has 0 amide bonds. The Kier molecular flexibility index (Phi) is 7.68. The maximum Gasteiger partial charge on any atom is 0.0385 e. The first-order chi connectivity index (χ1) is 13.0. The average Bonchev–Trinajstić information content (AvgIpc) is 2.64. The van der Waals surface area contributed by atoms with Gasteiger partial charge >= 0.3 is 0 Å². The molecule has 0 aromatic heterocycles. The fourth-order valence-corrected chi connectivity index (χ4v) is 6.43. The van der Waals surface area contributed by atoms with Crippen LogP contribution in [0.5, 0.6) is 0 Å². The van der Waals surface area contributed by atoms with Crippen molar-refractivity contribution in [3.05, 3.63) is 0 Å². The quantitative estimate of drug-likeness (QED) is 0.379. The summed E-state index contributed by atoms with van der Waals surface area (Å²) < 4.78 is 0. The molecule has 2 fully saturated rings. The van der Waals surface area contributed by atoms with Crippen LogP contribution in [0.15, 0.2) is 0 Å². The molecule has 0 spiro atoms. The Balaban J connectivity index is 2.45. The van der Waals surface area contributed by atoms with E-state index in [1.165, 1.54) is 51.6 Å². The molecule has 0 aromatic carbocycles. The van der Waals surface area contributed by atoms with Crippen molar-refractivity contribution < 1.29 is 0 Å². The molecule has 0 bridgehead atoms. The minimum atomic E-state index is 0.0328. The van der Waals surface area contributed by atoms with Gasteiger partial charge in [0.15, 0.2) is 0 Å². The van der Waals surface area contributed by atoms with Crippen LogP contribution in [0, 0.1) is 23.7 Å². The summed E-state index contributed by atoms with van der Waals surface area (Å²) in [5.41, 5.74) is 3.99. The summed E-state index contributed by atoms with van der Waals surface area (Å²) >= 11 is 0. The minimum Gasteiger partial charge on any atom is -0.301 e. The van der Waals surface area contributed by atoms with Gasteiger partial charge in [0.25, 0.3) is 0 Å². The van der Waals surface area contributed by atoms with Gasteiger partial charge in [0, 0.05) is 16.6 Å². The zero-order valence-corrected chi connectivity index (χ0v) is 20.4. The molecular weight excluding hydrogens is 344 g/mol. The Labute approximate surface area is 176 Å². The highest BCUT2D eigenvalue weighted by Crippen LogP contribution is 2.51. The third kappa shape index (κ3) is 4.04. The van der Waals surface area contributed by atoms with Crippen LogP contribution in [0.3, 0.4) is 0 Å². The van der Waals surface area contributed by atoms with Gasteiger partial charge in [-0.3, -0.25) is 11.3 Å². The van der Waals surface area contributed by atoms with Crippen LogP contribution in [-0.2, 0) is 0 Å². The molecule has 2 aliphatic heterocycles. The normalized spacial score (nSPS) is 36.2. The van der Waals surface area contributed by atoms with Crippen LogP contribution in [0.1, 0.15) is 87.0 Å². The van der Waals surface area contributed by atoms with E-state index in [0.717, 1.165) is 0 Å². The Hall–Kier alpha value is -0.160. The van der Waals surface area contributed by atoms with Crippen LogP contribution in [0.25, 0.3) is 0 Å². The maximum atomic E-state index is 6.55. The monoisotopic (exact) mass is 394 g/mol. The standard InChI is InChI=1S/C24H50N4/c1-10-11-12-15-24(26-25,20-13-16-27(8)22(4,5)18(20)2)21-14-17-28(9)23(6,7)19(21)3/h18-21,26H,10-17,25H2,1-9H3.